The van der Waals surface area contributed by atoms with E-state index in [9.17, 15) is 0 Å². The highest BCUT2D eigenvalue weighted by Gasteiger charge is 2.29. The van der Waals surface area contributed by atoms with E-state index < -0.39 is 0 Å². The van der Waals surface area contributed by atoms with Crippen LogP contribution in [0.5, 0.6) is 0 Å². The third-order valence-corrected chi connectivity index (χ3v) is 4.05. The van der Waals surface area contributed by atoms with E-state index >= 15 is 0 Å². The molecule has 76 valence electrons. The number of nitrogens with one attached hydrogen (secondary N) is 1. The molecular formula is C10H15N3S. The van der Waals surface area contributed by atoms with Gasteiger partial charge in [0.2, 0.25) is 0 Å². The van der Waals surface area contributed by atoms with E-state index in [1.165, 1.54) is 30.9 Å². The van der Waals surface area contributed by atoms with Crippen molar-refractivity contribution in [3.8, 4) is 0 Å². The molecule has 0 aromatic carbocycles. The largest absolute Gasteiger partial charge is 0.346 e. The Balaban J connectivity index is 1.76. The first-order valence-electron chi connectivity index (χ1n) is 5.32. The Labute approximate surface area is 88.1 Å². The molecular weight excluding hydrogens is 194 g/mol. The molecule has 1 aromatic rings. The molecule has 2 aliphatic rings. The first kappa shape index (κ1) is 8.68. The van der Waals surface area contributed by atoms with Crippen LogP contribution >= 0.6 is 11.3 Å². The summed E-state index contributed by atoms with van der Waals surface area (Å²) in [4.78, 5) is 6.81. The van der Waals surface area contributed by atoms with Crippen LogP contribution in [0, 0.1) is 0 Å². The smallest absolute Gasteiger partial charge is 0.185 e. The Hall–Kier alpha value is -0.610. The molecule has 1 aromatic heterocycles. The van der Waals surface area contributed by atoms with Gasteiger partial charge >= 0.3 is 0 Å². The predicted octanol–water partition coefficient (Wildman–Crippen LogP) is 1.47. The summed E-state index contributed by atoms with van der Waals surface area (Å²) >= 11 is 1.75. The van der Waals surface area contributed by atoms with Crippen molar-refractivity contribution < 1.29 is 0 Å². The number of hydrogen-bond donors (Lipinski definition) is 1. The lowest BCUT2D eigenvalue weighted by atomic mass is 10.1. The van der Waals surface area contributed by atoms with Gasteiger partial charge in [0.25, 0.3) is 0 Å². The van der Waals surface area contributed by atoms with E-state index in [1.54, 1.807) is 11.3 Å². The number of hydrogen-bond acceptors (Lipinski definition) is 4. The molecule has 0 saturated carbocycles. The van der Waals surface area contributed by atoms with Gasteiger partial charge in [0, 0.05) is 36.8 Å². The maximum absolute atomic E-state index is 4.38. The normalized spacial score (nSPS) is 31.9. The zero-order valence-electron chi connectivity index (χ0n) is 8.15. The zero-order chi connectivity index (χ0) is 9.38. The zero-order valence-corrected chi connectivity index (χ0v) is 8.96. The molecule has 2 fully saturated rings. The number of nitrogens with zero attached hydrogens (tertiary/aromatic N) is 2. The number of fused-ring (bicyclic) bond motifs is 2. The molecule has 4 heteroatoms. The summed E-state index contributed by atoms with van der Waals surface area (Å²) in [7, 11) is 0. The third kappa shape index (κ3) is 1.53. The highest BCUT2D eigenvalue weighted by molar-refractivity contribution is 7.13. The molecule has 3 rings (SSSR count). The van der Waals surface area contributed by atoms with Gasteiger partial charge in [-0.15, -0.1) is 11.3 Å². The summed E-state index contributed by atoms with van der Waals surface area (Å²) in [6.07, 6.45) is 5.88. The van der Waals surface area contributed by atoms with Crippen molar-refractivity contribution in [2.24, 2.45) is 0 Å². The molecule has 0 spiro atoms. The number of aromatic nitrogens is 1. The second kappa shape index (κ2) is 3.51. The maximum atomic E-state index is 4.38. The lowest BCUT2D eigenvalue weighted by molar-refractivity contribution is 0.563. The summed E-state index contributed by atoms with van der Waals surface area (Å²) < 4.78 is 0. The highest BCUT2D eigenvalue weighted by Crippen LogP contribution is 2.25. The van der Waals surface area contributed by atoms with Crippen LogP contribution in [0.1, 0.15) is 19.3 Å². The Bertz CT molecular complexity index is 298. The van der Waals surface area contributed by atoms with Crippen molar-refractivity contribution in [1.29, 1.82) is 0 Å². The summed E-state index contributed by atoms with van der Waals surface area (Å²) in [5.41, 5.74) is 0. The van der Waals surface area contributed by atoms with Gasteiger partial charge in [0.15, 0.2) is 5.13 Å². The average molecular weight is 209 g/mol. The SMILES string of the molecule is c1csc(N2CCC3CCC(C2)N3)n1. The van der Waals surface area contributed by atoms with Crippen molar-refractivity contribution in [2.45, 2.75) is 31.3 Å². The molecule has 2 aliphatic heterocycles. The van der Waals surface area contributed by atoms with E-state index in [-0.39, 0.29) is 0 Å². The fourth-order valence-corrected chi connectivity index (χ4v) is 3.17. The molecule has 0 radical (unpaired) electrons. The quantitative estimate of drug-likeness (QED) is 0.759. The molecule has 2 saturated heterocycles. The second-order valence-corrected chi connectivity index (χ2v) is 5.06. The minimum absolute atomic E-state index is 0.700. The van der Waals surface area contributed by atoms with Gasteiger partial charge in [0.1, 0.15) is 0 Å². The number of anilines is 1. The molecule has 2 unspecified atom stereocenters. The maximum Gasteiger partial charge on any atom is 0.185 e. The minimum atomic E-state index is 0.700. The van der Waals surface area contributed by atoms with E-state index in [1.807, 2.05) is 6.20 Å². The monoisotopic (exact) mass is 209 g/mol. The van der Waals surface area contributed by atoms with Crippen molar-refractivity contribution in [3.05, 3.63) is 11.6 Å². The fraction of sp³-hybridized carbons (Fsp3) is 0.700. The van der Waals surface area contributed by atoms with Gasteiger partial charge in [-0.25, -0.2) is 4.98 Å². The van der Waals surface area contributed by atoms with Crippen molar-refractivity contribution in [2.75, 3.05) is 18.0 Å². The van der Waals surface area contributed by atoms with Gasteiger partial charge in [-0.1, -0.05) is 0 Å². The number of rotatable bonds is 1. The standard InChI is InChI=1S/C10H15N3S/c1-2-9-7-13(5-3-8(1)12-9)10-11-4-6-14-10/h4,6,8-9,12H,1-3,5,7H2. The van der Waals surface area contributed by atoms with Crippen LogP contribution < -0.4 is 10.2 Å². The van der Waals surface area contributed by atoms with Crippen LogP contribution in [-0.4, -0.2) is 30.2 Å². The van der Waals surface area contributed by atoms with Gasteiger partial charge < -0.3 is 10.2 Å². The van der Waals surface area contributed by atoms with Crippen LogP contribution in [0.15, 0.2) is 11.6 Å². The van der Waals surface area contributed by atoms with Crippen LogP contribution in [0.25, 0.3) is 0 Å². The topological polar surface area (TPSA) is 28.2 Å². The minimum Gasteiger partial charge on any atom is -0.346 e. The van der Waals surface area contributed by atoms with Gasteiger partial charge in [-0.2, -0.15) is 0 Å². The molecule has 2 bridgehead atoms. The van der Waals surface area contributed by atoms with Gasteiger partial charge in [-0.05, 0) is 19.3 Å². The van der Waals surface area contributed by atoms with Gasteiger partial charge in [-0.3, -0.25) is 0 Å². The lowest BCUT2D eigenvalue weighted by Crippen LogP contribution is -2.35. The van der Waals surface area contributed by atoms with Crippen molar-refractivity contribution in [3.63, 3.8) is 0 Å². The lowest BCUT2D eigenvalue weighted by Gasteiger charge is -2.23. The van der Waals surface area contributed by atoms with Crippen LogP contribution in [-0.2, 0) is 0 Å². The van der Waals surface area contributed by atoms with Gasteiger partial charge in [0.05, 0.1) is 0 Å². The summed E-state index contributed by atoms with van der Waals surface area (Å²) in [6, 6.07) is 1.47. The third-order valence-electron chi connectivity index (χ3n) is 3.21. The van der Waals surface area contributed by atoms with Crippen LogP contribution in [0.2, 0.25) is 0 Å². The van der Waals surface area contributed by atoms with E-state index in [0.717, 1.165) is 12.6 Å². The second-order valence-electron chi connectivity index (χ2n) is 4.19. The fourth-order valence-electron chi connectivity index (χ4n) is 2.49. The first-order valence-corrected chi connectivity index (χ1v) is 6.20. The molecule has 14 heavy (non-hydrogen) atoms. The van der Waals surface area contributed by atoms with Crippen LogP contribution in [0.4, 0.5) is 5.13 Å². The molecule has 0 aliphatic carbocycles. The number of thiazole rings is 1. The highest BCUT2D eigenvalue weighted by atomic mass is 32.1. The molecule has 2 atom stereocenters. The van der Waals surface area contributed by atoms with Crippen molar-refractivity contribution >= 4 is 16.5 Å². The predicted molar refractivity (Wildman–Crippen MR) is 58.9 cm³/mol. The van der Waals surface area contributed by atoms with E-state index in [4.69, 9.17) is 0 Å². The van der Waals surface area contributed by atoms with Crippen molar-refractivity contribution in [1.82, 2.24) is 10.3 Å². The Kier molecular flexibility index (Phi) is 2.18. The average Bonchev–Trinajstić information content (AvgIpc) is 2.75. The first-order chi connectivity index (χ1) is 6.92. The molecule has 3 nitrogen and oxygen atoms in total. The summed E-state index contributed by atoms with van der Waals surface area (Å²) in [5, 5.41) is 6.94. The van der Waals surface area contributed by atoms with E-state index in [2.05, 4.69) is 20.6 Å². The molecule has 3 heterocycles. The Morgan fingerprint density at radius 1 is 1.36 bits per heavy atom. The Morgan fingerprint density at radius 2 is 2.29 bits per heavy atom. The van der Waals surface area contributed by atoms with E-state index in [0.29, 0.717) is 6.04 Å². The summed E-state index contributed by atoms with van der Waals surface area (Å²) in [5.74, 6) is 0. The summed E-state index contributed by atoms with van der Waals surface area (Å²) in [6.45, 7) is 2.31. The molecule has 1 N–H and O–H groups in total. The van der Waals surface area contributed by atoms with Crippen LogP contribution in [0.3, 0.4) is 0 Å². The molecule has 0 amide bonds. The Morgan fingerprint density at radius 3 is 3.14 bits per heavy atom.